The summed E-state index contributed by atoms with van der Waals surface area (Å²) in [5.41, 5.74) is -0.201. The van der Waals surface area contributed by atoms with Crippen molar-refractivity contribution in [2.24, 2.45) is 4.99 Å². The van der Waals surface area contributed by atoms with E-state index in [1.807, 2.05) is 37.3 Å². The standard InChI is InChI=1S/C21H16N4O3S/c1-13-23-18(17(29-13)14-8-4-2-5-9-14)22-12-16-19(26)24-21(28)25(20(16)27)15-10-6-3-7-11-15/h2-12,27H,1H3,(H,24,26,28). The number of aromatic amines is 1. The minimum Gasteiger partial charge on any atom is -0.493 e. The summed E-state index contributed by atoms with van der Waals surface area (Å²) in [5.74, 6) is -0.0446. The Bertz CT molecular complexity index is 1310. The predicted molar refractivity (Wildman–Crippen MR) is 114 cm³/mol. The first-order valence-electron chi connectivity index (χ1n) is 8.75. The molecule has 0 bridgehead atoms. The number of para-hydroxylation sites is 1. The smallest absolute Gasteiger partial charge is 0.335 e. The molecule has 2 heterocycles. The van der Waals surface area contributed by atoms with Crippen LogP contribution in [0.25, 0.3) is 16.1 Å². The zero-order chi connectivity index (χ0) is 20.4. The van der Waals surface area contributed by atoms with E-state index in [-0.39, 0.29) is 5.56 Å². The summed E-state index contributed by atoms with van der Waals surface area (Å²) in [5, 5.41) is 11.4. The van der Waals surface area contributed by atoms with Gasteiger partial charge in [0.2, 0.25) is 5.88 Å². The number of nitrogens with zero attached hydrogens (tertiary/aromatic N) is 3. The van der Waals surface area contributed by atoms with Gasteiger partial charge in [-0.25, -0.2) is 19.3 Å². The highest BCUT2D eigenvalue weighted by atomic mass is 32.1. The van der Waals surface area contributed by atoms with Gasteiger partial charge in [0.1, 0.15) is 5.56 Å². The van der Waals surface area contributed by atoms with Gasteiger partial charge in [0, 0.05) is 6.21 Å². The lowest BCUT2D eigenvalue weighted by Gasteiger charge is -2.09. The van der Waals surface area contributed by atoms with Crippen LogP contribution in [0.2, 0.25) is 0 Å². The zero-order valence-electron chi connectivity index (χ0n) is 15.4. The minimum atomic E-state index is -0.731. The van der Waals surface area contributed by atoms with Crippen molar-refractivity contribution >= 4 is 23.4 Å². The number of H-pyrrole nitrogens is 1. The molecular weight excluding hydrogens is 388 g/mol. The molecule has 0 unspecified atom stereocenters. The van der Waals surface area contributed by atoms with Crippen molar-refractivity contribution in [3.8, 4) is 22.0 Å². The van der Waals surface area contributed by atoms with E-state index in [2.05, 4.69) is 15.0 Å². The van der Waals surface area contributed by atoms with Gasteiger partial charge in [-0.2, -0.15) is 0 Å². The summed E-state index contributed by atoms with van der Waals surface area (Å²) in [6, 6.07) is 18.2. The molecule has 0 radical (unpaired) electrons. The van der Waals surface area contributed by atoms with Crippen molar-refractivity contribution < 1.29 is 5.11 Å². The van der Waals surface area contributed by atoms with Crippen molar-refractivity contribution in [3.05, 3.63) is 92.1 Å². The largest absolute Gasteiger partial charge is 0.493 e. The average molecular weight is 404 g/mol. The summed E-state index contributed by atoms with van der Waals surface area (Å²) in [6.07, 6.45) is 1.23. The van der Waals surface area contributed by atoms with Gasteiger partial charge >= 0.3 is 5.69 Å². The van der Waals surface area contributed by atoms with E-state index >= 15 is 0 Å². The summed E-state index contributed by atoms with van der Waals surface area (Å²) in [6.45, 7) is 1.87. The summed E-state index contributed by atoms with van der Waals surface area (Å²) < 4.78 is 1.02. The first-order valence-corrected chi connectivity index (χ1v) is 9.57. The van der Waals surface area contributed by atoms with Crippen molar-refractivity contribution in [3.63, 3.8) is 0 Å². The number of thiazole rings is 1. The van der Waals surface area contributed by atoms with Gasteiger partial charge in [0.15, 0.2) is 5.82 Å². The van der Waals surface area contributed by atoms with Crippen molar-refractivity contribution in [1.29, 1.82) is 0 Å². The molecule has 0 spiro atoms. The molecule has 0 amide bonds. The van der Waals surface area contributed by atoms with E-state index in [4.69, 9.17) is 0 Å². The first-order chi connectivity index (χ1) is 14.0. The maximum atomic E-state index is 12.3. The molecule has 0 saturated carbocycles. The quantitative estimate of drug-likeness (QED) is 0.509. The van der Waals surface area contributed by atoms with E-state index in [9.17, 15) is 14.7 Å². The molecule has 2 aromatic heterocycles. The Morgan fingerprint density at radius 1 is 1.07 bits per heavy atom. The van der Waals surface area contributed by atoms with Crippen LogP contribution in [0.4, 0.5) is 5.82 Å². The highest BCUT2D eigenvalue weighted by molar-refractivity contribution is 7.15. The van der Waals surface area contributed by atoms with Gasteiger partial charge < -0.3 is 5.11 Å². The third kappa shape index (κ3) is 3.65. The molecular formula is C21H16N4O3S. The Hall–Kier alpha value is -3.78. The van der Waals surface area contributed by atoms with Gasteiger partial charge in [0.05, 0.1) is 15.6 Å². The minimum absolute atomic E-state index is 0.127. The molecule has 7 nitrogen and oxygen atoms in total. The highest BCUT2D eigenvalue weighted by Crippen LogP contribution is 2.35. The lowest BCUT2D eigenvalue weighted by Crippen LogP contribution is -2.31. The molecule has 0 atom stereocenters. The topological polar surface area (TPSA) is 100 Å². The number of hydrogen-bond donors (Lipinski definition) is 2. The number of aromatic hydroxyl groups is 1. The molecule has 0 aliphatic carbocycles. The second-order valence-corrected chi connectivity index (χ2v) is 7.38. The maximum Gasteiger partial charge on any atom is 0.335 e. The van der Waals surface area contributed by atoms with Gasteiger partial charge in [0.25, 0.3) is 5.56 Å². The maximum absolute atomic E-state index is 12.3. The van der Waals surface area contributed by atoms with Crippen LogP contribution in [0.3, 0.4) is 0 Å². The fraction of sp³-hybridized carbons (Fsp3) is 0.0476. The number of nitrogens with one attached hydrogen (secondary N) is 1. The number of hydrogen-bond acceptors (Lipinski definition) is 6. The fourth-order valence-electron chi connectivity index (χ4n) is 2.88. The van der Waals surface area contributed by atoms with Crippen LogP contribution < -0.4 is 11.2 Å². The van der Waals surface area contributed by atoms with Crippen LogP contribution >= 0.6 is 11.3 Å². The summed E-state index contributed by atoms with van der Waals surface area (Å²) in [4.78, 5) is 36.3. The Morgan fingerprint density at radius 3 is 2.41 bits per heavy atom. The molecule has 4 aromatic rings. The Labute approximate surface area is 169 Å². The van der Waals surface area contributed by atoms with Crippen LogP contribution in [0.1, 0.15) is 10.6 Å². The molecule has 0 aliphatic heterocycles. The van der Waals surface area contributed by atoms with E-state index < -0.39 is 17.1 Å². The van der Waals surface area contributed by atoms with Crippen molar-refractivity contribution in [2.45, 2.75) is 6.92 Å². The van der Waals surface area contributed by atoms with Crippen molar-refractivity contribution in [1.82, 2.24) is 14.5 Å². The molecule has 0 fully saturated rings. The number of aryl methyl sites for hydroxylation is 1. The lowest BCUT2D eigenvalue weighted by molar-refractivity contribution is 0.430. The molecule has 2 N–H and O–H groups in total. The molecule has 144 valence electrons. The van der Waals surface area contributed by atoms with Gasteiger partial charge in [-0.05, 0) is 24.6 Å². The van der Waals surface area contributed by atoms with E-state index in [0.29, 0.717) is 11.5 Å². The van der Waals surface area contributed by atoms with E-state index in [1.54, 1.807) is 30.3 Å². The Balaban J connectivity index is 1.82. The molecule has 29 heavy (non-hydrogen) atoms. The van der Waals surface area contributed by atoms with Crippen LogP contribution in [0.15, 0.2) is 75.2 Å². The van der Waals surface area contributed by atoms with Crippen LogP contribution in [0.5, 0.6) is 5.88 Å². The molecule has 0 aliphatic rings. The van der Waals surface area contributed by atoms with Crippen LogP contribution in [0, 0.1) is 6.92 Å². The average Bonchev–Trinajstić information content (AvgIpc) is 3.09. The molecule has 8 heteroatoms. The normalized spacial score (nSPS) is 11.2. The number of rotatable bonds is 4. The van der Waals surface area contributed by atoms with Gasteiger partial charge in [-0.15, -0.1) is 11.3 Å². The fourth-order valence-corrected chi connectivity index (χ4v) is 3.75. The lowest BCUT2D eigenvalue weighted by atomic mass is 10.2. The summed E-state index contributed by atoms with van der Waals surface area (Å²) in [7, 11) is 0. The first kappa shape index (κ1) is 18.6. The summed E-state index contributed by atoms with van der Waals surface area (Å²) >= 11 is 1.48. The molecule has 0 saturated heterocycles. The molecule has 4 rings (SSSR count). The Morgan fingerprint density at radius 2 is 1.72 bits per heavy atom. The highest BCUT2D eigenvalue weighted by Gasteiger charge is 2.15. The predicted octanol–water partition coefficient (Wildman–Crippen LogP) is 3.41. The van der Waals surface area contributed by atoms with Gasteiger partial charge in [-0.3, -0.25) is 9.78 Å². The third-order valence-electron chi connectivity index (χ3n) is 4.20. The van der Waals surface area contributed by atoms with Crippen molar-refractivity contribution in [2.75, 3.05) is 0 Å². The monoisotopic (exact) mass is 404 g/mol. The second kappa shape index (κ2) is 7.69. The van der Waals surface area contributed by atoms with Crippen LogP contribution in [-0.4, -0.2) is 25.9 Å². The van der Waals surface area contributed by atoms with E-state index in [1.165, 1.54) is 17.6 Å². The number of aliphatic imine (C=N–C) groups is 1. The zero-order valence-corrected chi connectivity index (χ0v) is 16.2. The third-order valence-corrected chi connectivity index (χ3v) is 5.21. The second-order valence-electron chi connectivity index (χ2n) is 6.18. The number of benzene rings is 2. The van der Waals surface area contributed by atoms with Gasteiger partial charge in [-0.1, -0.05) is 48.5 Å². The SMILES string of the molecule is Cc1nc(N=Cc2c(O)n(-c3ccccc3)c(=O)[nH]c2=O)c(-c2ccccc2)s1. The number of aromatic nitrogens is 3. The van der Waals surface area contributed by atoms with Crippen LogP contribution in [-0.2, 0) is 0 Å². The Kier molecular flexibility index (Phi) is 4.92. The van der Waals surface area contributed by atoms with E-state index in [0.717, 1.165) is 20.0 Å². The molecule has 2 aromatic carbocycles.